The van der Waals surface area contributed by atoms with Crippen LogP contribution in [-0.2, 0) is 19.2 Å². The van der Waals surface area contributed by atoms with Crippen molar-refractivity contribution in [2.45, 2.75) is 144 Å². The van der Waals surface area contributed by atoms with Gasteiger partial charge in [-0.3, -0.25) is 24.1 Å². The van der Waals surface area contributed by atoms with Crippen LogP contribution in [0.3, 0.4) is 0 Å². The first-order chi connectivity index (χ1) is 19.5. The van der Waals surface area contributed by atoms with Crippen molar-refractivity contribution in [2.75, 3.05) is 20.1 Å². The highest BCUT2D eigenvalue weighted by Crippen LogP contribution is 2.27. The number of likely N-dealkylation sites (N-methyl/N-ethyl adjacent to an activating group) is 1. The molecule has 0 spiro atoms. The van der Waals surface area contributed by atoms with Crippen LogP contribution in [0.15, 0.2) is 11.6 Å². The van der Waals surface area contributed by atoms with Gasteiger partial charge in [0.2, 0.25) is 23.6 Å². The monoisotopic (exact) mass is 589 g/mol. The van der Waals surface area contributed by atoms with E-state index in [1.54, 1.807) is 23.8 Å². The van der Waals surface area contributed by atoms with E-state index in [0.717, 1.165) is 38.6 Å². The number of nitrogens with one attached hydrogen (secondary N) is 2. The van der Waals surface area contributed by atoms with Gasteiger partial charge in [0.25, 0.3) is 0 Å². The highest BCUT2D eigenvalue weighted by molar-refractivity contribution is 5.97. The maximum Gasteiger partial charge on any atom is 0.249 e. The Morgan fingerprint density at radius 1 is 0.905 bits per heavy atom. The molecular formula is C33H59N5O4. The van der Waals surface area contributed by atoms with Crippen molar-refractivity contribution in [2.24, 2.45) is 11.3 Å². The van der Waals surface area contributed by atoms with Crippen molar-refractivity contribution < 1.29 is 19.2 Å². The van der Waals surface area contributed by atoms with E-state index in [9.17, 15) is 19.2 Å². The zero-order chi connectivity index (χ0) is 31.9. The molecule has 2 rings (SSSR count). The Balaban J connectivity index is 2.26. The van der Waals surface area contributed by atoms with Crippen LogP contribution >= 0.6 is 0 Å². The lowest BCUT2D eigenvalue weighted by molar-refractivity contribution is -0.142. The third-order valence-electron chi connectivity index (χ3n) is 8.96. The summed E-state index contributed by atoms with van der Waals surface area (Å²) in [7, 11) is 1.76. The molecule has 0 aromatic heterocycles. The number of hydrogen-bond acceptors (Lipinski definition) is 5. The number of piperidine rings is 1. The van der Waals surface area contributed by atoms with Crippen LogP contribution < -0.4 is 10.6 Å². The average Bonchev–Trinajstić information content (AvgIpc) is 3.42. The Hall–Kier alpha value is -2.42. The second-order valence-corrected chi connectivity index (χ2v) is 14.2. The van der Waals surface area contributed by atoms with E-state index in [-0.39, 0.29) is 53.7 Å². The average molecular weight is 590 g/mol. The van der Waals surface area contributed by atoms with Crippen LogP contribution in [0.5, 0.6) is 0 Å². The summed E-state index contributed by atoms with van der Waals surface area (Å²) in [5.74, 6) is -0.520. The van der Waals surface area contributed by atoms with Crippen LogP contribution in [0.25, 0.3) is 0 Å². The molecule has 0 aromatic rings. The predicted octanol–water partition coefficient (Wildman–Crippen LogP) is 4.12. The summed E-state index contributed by atoms with van der Waals surface area (Å²) in [5.41, 5.74) is 0.00271. The Labute approximate surface area is 255 Å². The van der Waals surface area contributed by atoms with Gasteiger partial charge in [0, 0.05) is 31.2 Å². The smallest absolute Gasteiger partial charge is 0.249 e. The molecule has 2 aliphatic heterocycles. The molecule has 2 heterocycles. The zero-order valence-corrected chi connectivity index (χ0v) is 28.3. The number of carbonyl (C=O) groups excluding carboxylic acids is 4. The zero-order valence-electron chi connectivity index (χ0n) is 28.3. The Bertz CT molecular complexity index is 985. The van der Waals surface area contributed by atoms with Gasteiger partial charge in [0.15, 0.2) is 0 Å². The quantitative estimate of drug-likeness (QED) is 0.353. The number of likely N-dealkylation sites (tertiary alicyclic amines) is 2. The first kappa shape index (κ1) is 35.8. The van der Waals surface area contributed by atoms with Crippen molar-refractivity contribution in [3.8, 4) is 0 Å². The van der Waals surface area contributed by atoms with Gasteiger partial charge in [-0.05, 0) is 77.7 Å². The minimum atomic E-state index is -0.719. The fourth-order valence-electron chi connectivity index (χ4n) is 6.12. The Kier molecular flexibility index (Phi) is 13.1. The molecule has 0 aliphatic carbocycles. The van der Waals surface area contributed by atoms with Crippen molar-refractivity contribution in [1.29, 1.82) is 0 Å². The molecule has 0 bridgehead atoms. The molecule has 2 N–H and O–H groups in total. The van der Waals surface area contributed by atoms with Crippen LogP contribution in [0.4, 0.5) is 0 Å². The predicted molar refractivity (Wildman–Crippen MR) is 169 cm³/mol. The molecule has 240 valence electrons. The topological polar surface area (TPSA) is 102 Å². The molecule has 5 atom stereocenters. The molecule has 2 aliphatic rings. The number of nitrogens with zero attached hydrogens (tertiary/aromatic N) is 3. The van der Waals surface area contributed by atoms with Gasteiger partial charge < -0.3 is 20.4 Å². The molecule has 0 saturated carbocycles. The Morgan fingerprint density at radius 3 is 2.05 bits per heavy atom. The van der Waals surface area contributed by atoms with Gasteiger partial charge in [-0.25, -0.2) is 0 Å². The Morgan fingerprint density at radius 2 is 1.50 bits per heavy atom. The fourth-order valence-corrected chi connectivity index (χ4v) is 6.12. The first-order valence-corrected chi connectivity index (χ1v) is 16.1. The second-order valence-electron chi connectivity index (χ2n) is 14.2. The van der Waals surface area contributed by atoms with E-state index >= 15 is 0 Å². The molecule has 4 amide bonds. The van der Waals surface area contributed by atoms with Gasteiger partial charge in [-0.1, -0.05) is 54.0 Å². The lowest BCUT2D eigenvalue weighted by Gasteiger charge is -2.41. The van der Waals surface area contributed by atoms with Crippen molar-refractivity contribution in [3.05, 3.63) is 11.6 Å². The summed E-state index contributed by atoms with van der Waals surface area (Å²) in [6.07, 6.45) is 6.98. The highest BCUT2D eigenvalue weighted by Gasteiger charge is 2.40. The summed E-state index contributed by atoms with van der Waals surface area (Å²) < 4.78 is 0. The molecule has 9 heteroatoms. The largest absolute Gasteiger partial charge is 0.352 e. The van der Waals surface area contributed by atoms with Crippen LogP contribution in [0.1, 0.15) is 108 Å². The van der Waals surface area contributed by atoms with Crippen molar-refractivity contribution in [1.82, 2.24) is 25.3 Å². The van der Waals surface area contributed by atoms with Crippen LogP contribution in [0.2, 0.25) is 0 Å². The molecule has 0 aromatic carbocycles. The van der Waals surface area contributed by atoms with Gasteiger partial charge in [0.05, 0.1) is 12.1 Å². The second kappa shape index (κ2) is 15.3. The SMILES string of the molecule is CC[C@H](C)NC(=O)C1CCCN1C(=O)/C(C)=C/C(C(C)C)N(C)C(=O)C(NC(=O)C1CCCCN1C(C)C)C(C)(C)C. The van der Waals surface area contributed by atoms with Crippen LogP contribution in [-0.4, -0.2) is 94.7 Å². The number of hydrogen-bond donors (Lipinski definition) is 2. The van der Waals surface area contributed by atoms with Crippen LogP contribution in [0, 0.1) is 11.3 Å². The van der Waals surface area contributed by atoms with Gasteiger partial charge in [-0.15, -0.1) is 0 Å². The first-order valence-electron chi connectivity index (χ1n) is 16.1. The summed E-state index contributed by atoms with van der Waals surface area (Å²) in [4.78, 5) is 59.7. The third kappa shape index (κ3) is 9.04. The molecule has 4 unspecified atom stereocenters. The van der Waals surface area contributed by atoms with Gasteiger partial charge in [-0.2, -0.15) is 0 Å². The van der Waals surface area contributed by atoms with Crippen molar-refractivity contribution in [3.63, 3.8) is 0 Å². The lowest BCUT2D eigenvalue weighted by atomic mass is 9.84. The van der Waals surface area contributed by atoms with E-state index in [4.69, 9.17) is 0 Å². The molecule has 0 radical (unpaired) electrons. The number of carbonyl (C=O) groups is 4. The summed E-state index contributed by atoms with van der Waals surface area (Å²) in [5, 5.41) is 6.15. The molecule has 9 nitrogen and oxygen atoms in total. The molecule has 2 saturated heterocycles. The van der Waals surface area contributed by atoms with E-state index in [2.05, 4.69) is 29.4 Å². The number of amides is 4. The third-order valence-corrected chi connectivity index (χ3v) is 8.96. The van der Waals surface area contributed by atoms with E-state index < -0.39 is 17.5 Å². The fraction of sp³-hybridized carbons (Fsp3) is 0.818. The highest BCUT2D eigenvalue weighted by atomic mass is 16.2. The van der Waals surface area contributed by atoms with Gasteiger partial charge >= 0.3 is 0 Å². The number of rotatable bonds is 11. The molecule has 2 fully saturated rings. The normalized spacial score (nSPS) is 22.6. The van der Waals surface area contributed by atoms with Gasteiger partial charge in [0.1, 0.15) is 12.1 Å². The maximum atomic E-state index is 14.1. The van der Waals surface area contributed by atoms with E-state index in [1.165, 1.54) is 0 Å². The molecule has 42 heavy (non-hydrogen) atoms. The lowest BCUT2D eigenvalue weighted by Crippen LogP contribution is -2.60. The summed E-state index contributed by atoms with van der Waals surface area (Å²) >= 11 is 0. The van der Waals surface area contributed by atoms with E-state index in [0.29, 0.717) is 18.5 Å². The standard InChI is InChI=1S/C33H59N5O4/c1-12-24(7)34-29(39)26-17-15-19-38(26)31(41)23(6)20-27(21(2)3)36(11)32(42)28(33(8,9)10)35-30(40)25-16-13-14-18-37(25)22(4)5/h20-22,24-28H,12-19H2,1-11H3,(H,34,39)(H,35,40)/b23-20+/t24-,25?,26?,27?,28?/m0/s1. The minimum absolute atomic E-state index is 0.0240. The summed E-state index contributed by atoms with van der Waals surface area (Å²) in [6.45, 7) is 21.3. The maximum absolute atomic E-state index is 14.1. The molecular weight excluding hydrogens is 530 g/mol. The summed E-state index contributed by atoms with van der Waals surface area (Å²) in [6, 6.07) is -1.49. The van der Waals surface area contributed by atoms with Crippen molar-refractivity contribution >= 4 is 23.6 Å². The van der Waals surface area contributed by atoms with E-state index in [1.807, 2.05) is 54.5 Å². The minimum Gasteiger partial charge on any atom is -0.352 e.